The summed E-state index contributed by atoms with van der Waals surface area (Å²) in [6, 6.07) is 3.38. The van der Waals surface area contributed by atoms with Gasteiger partial charge in [-0.25, -0.2) is 19.0 Å². The summed E-state index contributed by atoms with van der Waals surface area (Å²) in [6.07, 6.45) is 4.66. The Morgan fingerprint density at radius 2 is 2.13 bits per heavy atom. The number of aromatic nitrogens is 4. The Morgan fingerprint density at radius 3 is 2.83 bits per heavy atom. The van der Waals surface area contributed by atoms with Crippen LogP contribution >= 0.6 is 0 Å². The maximum Gasteiger partial charge on any atom is 0.226 e. The van der Waals surface area contributed by atoms with E-state index in [1.807, 2.05) is 6.92 Å². The highest BCUT2D eigenvalue weighted by Gasteiger charge is 2.16. The molecule has 6 nitrogen and oxygen atoms in total. The summed E-state index contributed by atoms with van der Waals surface area (Å²) >= 11 is 0. The quantitative estimate of drug-likeness (QED) is 0.747. The molecule has 1 atom stereocenters. The molecule has 3 aromatic heterocycles. The molecule has 0 aliphatic heterocycles. The third-order valence-electron chi connectivity index (χ3n) is 3.67. The van der Waals surface area contributed by atoms with E-state index in [9.17, 15) is 4.39 Å². The Bertz CT molecular complexity index is 926. The molecule has 0 saturated heterocycles. The first-order valence-corrected chi connectivity index (χ1v) is 6.99. The predicted molar refractivity (Wildman–Crippen MR) is 83.2 cm³/mol. The molecule has 7 heteroatoms. The fraction of sp³-hybridized carbons (Fsp3) is 0.250. The molecule has 116 valence electrons. The van der Waals surface area contributed by atoms with Crippen molar-refractivity contribution in [1.29, 1.82) is 0 Å². The summed E-state index contributed by atoms with van der Waals surface area (Å²) in [7, 11) is 0. The Kier molecular flexibility index (Phi) is 3.66. The van der Waals surface area contributed by atoms with Gasteiger partial charge in [0.2, 0.25) is 5.65 Å². The number of nitrogens with two attached hydrogens (primary N) is 1. The number of rotatable bonds is 3. The zero-order valence-electron chi connectivity index (χ0n) is 12.7. The molecular formula is C16H14FN5O. The summed E-state index contributed by atoms with van der Waals surface area (Å²) in [6.45, 7) is 3.25. The highest BCUT2D eigenvalue weighted by Crippen LogP contribution is 2.26. The Balaban J connectivity index is 2.04. The molecule has 0 saturated carbocycles. The number of hydrogen-bond donors (Lipinski definition) is 1. The van der Waals surface area contributed by atoms with Gasteiger partial charge in [-0.15, -0.1) is 6.42 Å². The summed E-state index contributed by atoms with van der Waals surface area (Å²) in [5.41, 5.74) is 10.2. The lowest BCUT2D eigenvalue weighted by molar-refractivity contribution is 0.315. The lowest BCUT2D eigenvalue weighted by Crippen LogP contribution is -2.05. The van der Waals surface area contributed by atoms with Gasteiger partial charge in [0, 0.05) is 28.9 Å². The van der Waals surface area contributed by atoms with Crippen LogP contribution in [0.2, 0.25) is 0 Å². The Labute approximate surface area is 131 Å². The first-order valence-electron chi connectivity index (χ1n) is 6.99. The number of halogens is 1. The number of fused-ring (bicyclic) bond motifs is 1. The minimum atomic E-state index is -1.17. The average Bonchev–Trinajstić information content (AvgIpc) is 2.99. The number of terminal acetylenes is 1. The lowest BCUT2D eigenvalue weighted by Gasteiger charge is -2.10. The van der Waals surface area contributed by atoms with Crippen LogP contribution in [0.15, 0.2) is 16.8 Å². The molecule has 0 amide bonds. The van der Waals surface area contributed by atoms with Gasteiger partial charge in [-0.3, -0.25) is 0 Å². The van der Waals surface area contributed by atoms with Crippen molar-refractivity contribution in [2.75, 3.05) is 5.73 Å². The number of nitrogens with zero attached hydrogens (tertiary/aromatic N) is 4. The third kappa shape index (κ3) is 2.59. The van der Waals surface area contributed by atoms with E-state index in [1.165, 1.54) is 6.92 Å². The van der Waals surface area contributed by atoms with E-state index in [1.54, 1.807) is 12.1 Å². The molecule has 0 aliphatic carbocycles. The minimum Gasteiger partial charge on any atom is -0.396 e. The maximum absolute atomic E-state index is 13.5. The molecule has 3 aromatic rings. The number of aryl methyl sites for hydroxylation is 1. The van der Waals surface area contributed by atoms with Crippen LogP contribution in [-0.2, 0) is 6.42 Å². The van der Waals surface area contributed by atoms with E-state index < -0.39 is 6.17 Å². The van der Waals surface area contributed by atoms with Crippen LogP contribution in [0.3, 0.4) is 0 Å². The molecule has 0 spiro atoms. The molecule has 0 aliphatic rings. The van der Waals surface area contributed by atoms with E-state index in [4.69, 9.17) is 12.2 Å². The van der Waals surface area contributed by atoms with Crippen LogP contribution in [-0.4, -0.2) is 20.3 Å². The SMILES string of the molecule is C#Cc1nc(Cc2c(C)nc3nonc3c2N)ccc1C(C)F. The van der Waals surface area contributed by atoms with Crippen molar-refractivity contribution in [2.45, 2.75) is 26.4 Å². The second kappa shape index (κ2) is 5.65. The van der Waals surface area contributed by atoms with Gasteiger partial charge >= 0.3 is 0 Å². The van der Waals surface area contributed by atoms with E-state index >= 15 is 0 Å². The molecule has 0 radical (unpaired) electrons. The van der Waals surface area contributed by atoms with Crippen LogP contribution < -0.4 is 5.73 Å². The van der Waals surface area contributed by atoms with Gasteiger partial charge < -0.3 is 5.73 Å². The second-order valence-corrected chi connectivity index (χ2v) is 5.20. The number of pyridine rings is 2. The van der Waals surface area contributed by atoms with Crippen molar-refractivity contribution in [1.82, 2.24) is 20.3 Å². The maximum atomic E-state index is 13.5. The van der Waals surface area contributed by atoms with Crippen molar-refractivity contribution in [2.24, 2.45) is 0 Å². The highest BCUT2D eigenvalue weighted by atomic mass is 19.1. The van der Waals surface area contributed by atoms with E-state index in [0.717, 1.165) is 5.56 Å². The van der Waals surface area contributed by atoms with Crippen LogP contribution in [0.5, 0.6) is 0 Å². The zero-order valence-corrected chi connectivity index (χ0v) is 12.7. The van der Waals surface area contributed by atoms with E-state index in [2.05, 4.69) is 30.8 Å². The standard InChI is InChI=1S/C16H14FN5O/c1-4-13-11(8(2)17)6-5-10(20-13)7-12-9(3)19-16-15(14(12)18)21-23-22-16/h1,5-6,8H,7,18H2,2-3H3. The number of anilines is 1. The Morgan fingerprint density at radius 1 is 1.35 bits per heavy atom. The number of alkyl halides is 1. The first kappa shape index (κ1) is 14.9. The first-order chi connectivity index (χ1) is 11.0. The second-order valence-electron chi connectivity index (χ2n) is 5.20. The van der Waals surface area contributed by atoms with Crippen LogP contribution in [0.4, 0.5) is 10.1 Å². The van der Waals surface area contributed by atoms with Crippen molar-refractivity contribution in [3.8, 4) is 12.3 Å². The normalized spacial score (nSPS) is 12.3. The molecule has 2 N–H and O–H groups in total. The van der Waals surface area contributed by atoms with Gasteiger partial charge in [-0.05, 0) is 36.1 Å². The minimum absolute atomic E-state index is 0.297. The molecule has 1 unspecified atom stereocenters. The van der Waals surface area contributed by atoms with Crippen LogP contribution in [0.1, 0.15) is 41.3 Å². The van der Waals surface area contributed by atoms with Crippen molar-refractivity contribution in [3.05, 3.63) is 40.3 Å². The topological polar surface area (TPSA) is 90.7 Å². The fourth-order valence-corrected chi connectivity index (χ4v) is 2.44. The van der Waals surface area contributed by atoms with Crippen molar-refractivity contribution >= 4 is 16.9 Å². The van der Waals surface area contributed by atoms with Gasteiger partial charge in [0.1, 0.15) is 11.9 Å². The summed E-state index contributed by atoms with van der Waals surface area (Å²) < 4.78 is 18.2. The average molecular weight is 311 g/mol. The smallest absolute Gasteiger partial charge is 0.226 e. The van der Waals surface area contributed by atoms with E-state index in [-0.39, 0.29) is 0 Å². The van der Waals surface area contributed by atoms with Gasteiger partial charge in [0.15, 0.2) is 5.52 Å². The van der Waals surface area contributed by atoms with E-state index in [0.29, 0.717) is 45.9 Å². The van der Waals surface area contributed by atoms with Gasteiger partial charge in [-0.1, -0.05) is 6.07 Å². The van der Waals surface area contributed by atoms with Crippen LogP contribution in [0.25, 0.3) is 11.2 Å². The van der Waals surface area contributed by atoms with Gasteiger partial charge in [-0.2, -0.15) is 0 Å². The van der Waals surface area contributed by atoms with Gasteiger partial charge in [0.05, 0.1) is 5.69 Å². The van der Waals surface area contributed by atoms with Crippen molar-refractivity contribution in [3.63, 3.8) is 0 Å². The largest absolute Gasteiger partial charge is 0.396 e. The monoisotopic (exact) mass is 311 g/mol. The molecule has 3 rings (SSSR count). The molecular weight excluding hydrogens is 297 g/mol. The van der Waals surface area contributed by atoms with Gasteiger partial charge in [0.25, 0.3) is 0 Å². The summed E-state index contributed by atoms with van der Waals surface area (Å²) in [4.78, 5) is 8.64. The molecule has 3 heterocycles. The molecule has 0 aromatic carbocycles. The lowest BCUT2D eigenvalue weighted by atomic mass is 10.0. The molecule has 0 fully saturated rings. The molecule has 23 heavy (non-hydrogen) atoms. The predicted octanol–water partition coefficient (Wildman–Crippen LogP) is 2.51. The Hall–Kier alpha value is -3.01. The van der Waals surface area contributed by atoms with Crippen molar-refractivity contribution < 1.29 is 9.02 Å². The highest BCUT2D eigenvalue weighted by molar-refractivity contribution is 5.85. The molecule has 0 bridgehead atoms. The zero-order chi connectivity index (χ0) is 16.6. The summed E-state index contributed by atoms with van der Waals surface area (Å²) in [5.74, 6) is 2.42. The summed E-state index contributed by atoms with van der Waals surface area (Å²) in [5, 5.41) is 7.44. The van der Waals surface area contributed by atoms with Crippen LogP contribution in [0, 0.1) is 19.3 Å². The third-order valence-corrected chi connectivity index (χ3v) is 3.67. The fourth-order valence-electron chi connectivity index (χ4n) is 2.44. The number of hydrogen-bond acceptors (Lipinski definition) is 6. The number of nitrogen functional groups attached to an aromatic ring is 1.